The molecule has 1 aliphatic rings. The fourth-order valence-corrected chi connectivity index (χ4v) is 1.67. The zero-order chi connectivity index (χ0) is 11.8. The van der Waals surface area contributed by atoms with Gasteiger partial charge in [0.1, 0.15) is 11.6 Å². The summed E-state index contributed by atoms with van der Waals surface area (Å²) in [6.07, 6.45) is 1.74. The number of hydrogen-bond acceptors (Lipinski definition) is 4. The van der Waals surface area contributed by atoms with Crippen LogP contribution in [0.25, 0.3) is 0 Å². The number of rotatable bonds is 1. The molecule has 2 rings (SSSR count). The van der Waals surface area contributed by atoms with Gasteiger partial charge in [-0.3, -0.25) is 14.8 Å². The van der Waals surface area contributed by atoms with Crippen LogP contribution in [0.15, 0.2) is 12.3 Å². The molecular formula is C11H17N3O2. The molecule has 0 spiro atoms. The molecule has 1 unspecified atom stereocenters. The Bertz CT molecular complexity index is 392. The third-order valence-electron chi connectivity index (χ3n) is 2.38. The minimum atomic E-state index is -0.441. The first-order valence-corrected chi connectivity index (χ1v) is 5.43. The Morgan fingerprint density at radius 3 is 3.06 bits per heavy atom. The summed E-state index contributed by atoms with van der Waals surface area (Å²) in [5.41, 5.74) is 0.656. The minimum absolute atomic E-state index is 0.214. The highest BCUT2D eigenvalue weighted by atomic mass is 16.6. The Morgan fingerprint density at radius 2 is 2.38 bits per heavy atom. The van der Waals surface area contributed by atoms with Gasteiger partial charge in [-0.2, -0.15) is 5.10 Å². The van der Waals surface area contributed by atoms with Crippen LogP contribution in [0.5, 0.6) is 0 Å². The summed E-state index contributed by atoms with van der Waals surface area (Å²) < 4.78 is 7.16. The van der Waals surface area contributed by atoms with Crippen molar-refractivity contribution in [2.45, 2.75) is 45.5 Å². The zero-order valence-electron chi connectivity index (χ0n) is 9.86. The van der Waals surface area contributed by atoms with Crippen LogP contribution in [0, 0.1) is 0 Å². The largest absolute Gasteiger partial charge is 0.459 e. The molecule has 0 amide bonds. The van der Waals surface area contributed by atoms with Crippen LogP contribution in [0.3, 0.4) is 0 Å². The average Bonchev–Trinajstić information content (AvgIpc) is 2.61. The van der Waals surface area contributed by atoms with Crippen molar-refractivity contribution in [2.75, 3.05) is 0 Å². The minimum Gasteiger partial charge on any atom is -0.459 e. The lowest BCUT2D eigenvalue weighted by molar-refractivity contribution is -0.158. The third-order valence-corrected chi connectivity index (χ3v) is 2.38. The Kier molecular flexibility index (Phi) is 2.71. The molecule has 5 nitrogen and oxygen atoms in total. The van der Waals surface area contributed by atoms with E-state index in [0.29, 0.717) is 13.1 Å². The zero-order valence-corrected chi connectivity index (χ0v) is 9.86. The Labute approximate surface area is 94.8 Å². The highest BCUT2D eigenvalue weighted by Crippen LogP contribution is 2.12. The van der Waals surface area contributed by atoms with E-state index in [1.54, 1.807) is 6.20 Å². The lowest BCUT2D eigenvalue weighted by Crippen LogP contribution is -2.47. The van der Waals surface area contributed by atoms with Gasteiger partial charge < -0.3 is 4.74 Å². The lowest BCUT2D eigenvalue weighted by atomic mass is 10.1. The fourth-order valence-electron chi connectivity index (χ4n) is 1.67. The van der Waals surface area contributed by atoms with Gasteiger partial charge in [-0.05, 0) is 26.8 Å². The molecule has 2 heterocycles. The fraction of sp³-hybridized carbons (Fsp3) is 0.636. The summed E-state index contributed by atoms with van der Waals surface area (Å²) in [7, 11) is 0. The average molecular weight is 223 g/mol. The Morgan fingerprint density at radius 1 is 1.62 bits per heavy atom. The number of nitrogens with zero attached hydrogens (tertiary/aromatic N) is 2. The predicted molar refractivity (Wildman–Crippen MR) is 58.7 cm³/mol. The van der Waals surface area contributed by atoms with E-state index in [1.807, 2.05) is 31.5 Å². The first-order valence-electron chi connectivity index (χ1n) is 5.43. The molecule has 88 valence electrons. The van der Waals surface area contributed by atoms with Crippen LogP contribution < -0.4 is 5.32 Å². The van der Waals surface area contributed by atoms with Gasteiger partial charge in [-0.1, -0.05) is 0 Å². The van der Waals surface area contributed by atoms with Crippen molar-refractivity contribution in [3.8, 4) is 0 Å². The maximum absolute atomic E-state index is 11.8. The maximum atomic E-state index is 11.8. The van der Waals surface area contributed by atoms with E-state index >= 15 is 0 Å². The molecule has 1 atom stereocenters. The van der Waals surface area contributed by atoms with Crippen molar-refractivity contribution < 1.29 is 9.53 Å². The van der Waals surface area contributed by atoms with Crippen molar-refractivity contribution in [2.24, 2.45) is 0 Å². The van der Waals surface area contributed by atoms with E-state index in [4.69, 9.17) is 4.74 Å². The van der Waals surface area contributed by atoms with E-state index in [2.05, 4.69) is 10.4 Å². The van der Waals surface area contributed by atoms with Crippen LogP contribution in [0.2, 0.25) is 0 Å². The molecular weight excluding hydrogens is 206 g/mol. The predicted octanol–water partition coefficient (Wildman–Crippen LogP) is 0.697. The van der Waals surface area contributed by atoms with Crippen LogP contribution in [0.1, 0.15) is 26.5 Å². The molecule has 0 bridgehead atoms. The number of aromatic nitrogens is 2. The van der Waals surface area contributed by atoms with E-state index in [-0.39, 0.29) is 12.0 Å². The molecule has 1 aromatic heterocycles. The van der Waals surface area contributed by atoms with E-state index in [1.165, 1.54) is 0 Å². The molecule has 0 aromatic carbocycles. The van der Waals surface area contributed by atoms with Gasteiger partial charge in [0.2, 0.25) is 0 Å². The topological polar surface area (TPSA) is 56.2 Å². The van der Waals surface area contributed by atoms with Gasteiger partial charge >= 0.3 is 5.97 Å². The van der Waals surface area contributed by atoms with E-state index in [0.717, 1.165) is 5.69 Å². The number of nitrogens with one attached hydrogen (secondary N) is 1. The van der Waals surface area contributed by atoms with Gasteiger partial charge in [0, 0.05) is 12.7 Å². The summed E-state index contributed by atoms with van der Waals surface area (Å²) in [6.45, 7) is 6.80. The van der Waals surface area contributed by atoms with Gasteiger partial charge in [0.25, 0.3) is 0 Å². The highest BCUT2D eigenvalue weighted by molar-refractivity contribution is 5.76. The molecule has 0 aliphatic carbocycles. The lowest BCUT2D eigenvalue weighted by Gasteiger charge is -2.27. The maximum Gasteiger partial charge on any atom is 0.325 e. The van der Waals surface area contributed by atoms with E-state index in [9.17, 15) is 4.79 Å². The quantitative estimate of drug-likeness (QED) is 0.712. The molecule has 1 aliphatic heterocycles. The highest BCUT2D eigenvalue weighted by Gasteiger charge is 2.28. The van der Waals surface area contributed by atoms with Crippen molar-refractivity contribution in [3.63, 3.8) is 0 Å². The van der Waals surface area contributed by atoms with Gasteiger partial charge in [-0.25, -0.2) is 0 Å². The molecule has 1 N–H and O–H groups in total. The second-order valence-corrected chi connectivity index (χ2v) is 4.97. The van der Waals surface area contributed by atoms with E-state index < -0.39 is 5.60 Å². The summed E-state index contributed by atoms with van der Waals surface area (Å²) >= 11 is 0. The summed E-state index contributed by atoms with van der Waals surface area (Å²) in [6, 6.07) is 1.64. The molecule has 0 radical (unpaired) electrons. The monoisotopic (exact) mass is 223 g/mol. The van der Waals surface area contributed by atoms with Crippen molar-refractivity contribution in [1.82, 2.24) is 15.1 Å². The molecule has 0 saturated carbocycles. The van der Waals surface area contributed by atoms with Crippen LogP contribution in [-0.2, 0) is 22.6 Å². The summed E-state index contributed by atoms with van der Waals surface area (Å²) in [5.74, 6) is -0.214. The SMILES string of the molecule is CC(C)(C)OC(=O)C1Cn2nccc2CN1. The smallest absolute Gasteiger partial charge is 0.325 e. The molecule has 16 heavy (non-hydrogen) atoms. The molecule has 5 heteroatoms. The van der Waals surface area contributed by atoms with Crippen molar-refractivity contribution in [1.29, 1.82) is 0 Å². The van der Waals surface area contributed by atoms with Crippen LogP contribution >= 0.6 is 0 Å². The number of hydrogen-bond donors (Lipinski definition) is 1. The van der Waals surface area contributed by atoms with Crippen molar-refractivity contribution >= 4 is 5.97 Å². The number of ether oxygens (including phenoxy) is 1. The Hall–Kier alpha value is -1.36. The van der Waals surface area contributed by atoms with Crippen LogP contribution in [-0.4, -0.2) is 27.4 Å². The second kappa shape index (κ2) is 3.90. The summed E-state index contributed by atoms with van der Waals surface area (Å²) in [5, 5.41) is 7.30. The summed E-state index contributed by atoms with van der Waals surface area (Å²) in [4.78, 5) is 11.8. The second-order valence-electron chi connectivity index (χ2n) is 4.97. The molecule has 1 aromatic rings. The van der Waals surface area contributed by atoms with Gasteiger partial charge in [0.15, 0.2) is 0 Å². The molecule has 0 saturated heterocycles. The standard InChI is InChI=1S/C11H17N3O2/c1-11(2,3)16-10(15)9-7-14-8(6-12-9)4-5-13-14/h4-5,9,12H,6-7H2,1-3H3. The number of esters is 1. The van der Waals surface area contributed by atoms with Gasteiger partial charge in [0.05, 0.1) is 12.2 Å². The molecule has 0 fully saturated rings. The first-order chi connectivity index (χ1) is 7.46. The number of carbonyl (C=O) groups is 1. The van der Waals surface area contributed by atoms with Crippen LogP contribution in [0.4, 0.5) is 0 Å². The first kappa shape index (κ1) is 11.1. The number of carbonyl (C=O) groups excluding carboxylic acids is 1. The number of fused-ring (bicyclic) bond motifs is 1. The van der Waals surface area contributed by atoms with Crippen molar-refractivity contribution in [3.05, 3.63) is 18.0 Å². The normalized spacial score (nSPS) is 20.3. The Balaban J connectivity index is 2.01. The third kappa shape index (κ3) is 2.41. The van der Waals surface area contributed by atoms with Gasteiger partial charge in [-0.15, -0.1) is 0 Å².